The van der Waals surface area contributed by atoms with Gasteiger partial charge in [0.1, 0.15) is 11.6 Å². The molecule has 1 N–H and O–H groups in total. The summed E-state index contributed by atoms with van der Waals surface area (Å²) in [7, 11) is 1.93. The van der Waals surface area contributed by atoms with E-state index in [4.69, 9.17) is 5.26 Å². The number of hydrogen-bond acceptors (Lipinski definition) is 5. The highest BCUT2D eigenvalue weighted by molar-refractivity contribution is 7.16. The molecule has 7 heteroatoms. The zero-order chi connectivity index (χ0) is 16.7. The van der Waals surface area contributed by atoms with Crippen LogP contribution >= 0.6 is 11.3 Å². The fraction of sp³-hybridized carbons (Fsp3) is 0.235. The van der Waals surface area contributed by atoms with Gasteiger partial charge in [0.2, 0.25) is 0 Å². The number of aryl methyl sites for hydroxylation is 1. The molecule has 6 nitrogen and oxygen atoms in total. The maximum absolute atomic E-state index is 9.16. The van der Waals surface area contributed by atoms with Crippen LogP contribution in [0.5, 0.6) is 0 Å². The lowest BCUT2D eigenvalue weighted by molar-refractivity contribution is 0.562. The van der Waals surface area contributed by atoms with Crippen LogP contribution in [0.3, 0.4) is 0 Å². The lowest BCUT2D eigenvalue weighted by atomic mass is 10.1. The number of rotatable bonds is 4. The first-order chi connectivity index (χ1) is 11.7. The monoisotopic (exact) mass is 336 g/mol. The normalized spacial score (nSPS) is 12.7. The van der Waals surface area contributed by atoms with Gasteiger partial charge in [0, 0.05) is 25.8 Å². The highest BCUT2D eigenvalue weighted by atomic mass is 32.1. The van der Waals surface area contributed by atoms with Gasteiger partial charge >= 0.3 is 0 Å². The Labute approximate surface area is 143 Å². The predicted molar refractivity (Wildman–Crippen MR) is 93.8 cm³/mol. The summed E-state index contributed by atoms with van der Waals surface area (Å²) in [6.07, 6.45) is 3.62. The van der Waals surface area contributed by atoms with Crippen LogP contribution in [-0.2, 0) is 13.6 Å². The van der Waals surface area contributed by atoms with Crippen LogP contribution in [0.15, 0.2) is 36.1 Å². The molecular formula is C17H16N6S. The quantitative estimate of drug-likeness (QED) is 0.622. The average molecular weight is 336 g/mol. The van der Waals surface area contributed by atoms with E-state index in [9.17, 15) is 0 Å². The van der Waals surface area contributed by atoms with Crippen LogP contribution < -0.4 is 5.32 Å². The first kappa shape index (κ1) is 14.9. The number of fused-ring (bicyclic) bond motifs is 2. The summed E-state index contributed by atoms with van der Waals surface area (Å²) in [4.78, 5) is 4.32. The lowest BCUT2D eigenvalue weighted by Gasteiger charge is -2.13. The van der Waals surface area contributed by atoms with Gasteiger partial charge in [-0.05, 0) is 24.6 Å². The number of thiazole rings is 1. The fourth-order valence-corrected chi connectivity index (χ4v) is 3.67. The van der Waals surface area contributed by atoms with Crippen LogP contribution in [0, 0.1) is 11.3 Å². The third kappa shape index (κ3) is 2.37. The zero-order valence-electron chi connectivity index (χ0n) is 13.4. The van der Waals surface area contributed by atoms with E-state index in [1.54, 1.807) is 17.5 Å². The molecule has 0 aliphatic heterocycles. The molecule has 0 fully saturated rings. The Morgan fingerprint density at radius 3 is 3.12 bits per heavy atom. The molecule has 1 atom stereocenters. The molecule has 0 aliphatic carbocycles. The highest BCUT2D eigenvalue weighted by Crippen LogP contribution is 2.23. The molecule has 1 unspecified atom stereocenters. The number of hydrogen-bond donors (Lipinski definition) is 1. The second kappa shape index (κ2) is 5.74. The van der Waals surface area contributed by atoms with E-state index in [0.717, 1.165) is 16.9 Å². The molecule has 0 amide bonds. The van der Waals surface area contributed by atoms with Crippen LogP contribution in [0.4, 0.5) is 0 Å². The van der Waals surface area contributed by atoms with E-state index in [2.05, 4.69) is 46.6 Å². The van der Waals surface area contributed by atoms with Gasteiger partial charge in [-0.3, -0.25) is 0 Å². The van der Waals surface area contributed by atoms with Crippen LogP contribution in [0.1, 0.15) is 29.8 Å². The van der Waals surface area contributed by atoms with Crippen molar-refractivity contribution in [2.45, 2.75) is 19.5 Å². The predicted octanol–water partition coefficient (Wildman–Crippen LogP) is 3.00. The molecule has 0 aliphatic rings. The van der Waals surface area contributed by atoms with Crippen molar-refractivity contribution in [2.75, 3.05) is 0 Å². The molecule has 0 spiro atoms. The van der Waals surface area contributed by atoms with E-state index in [0.29, 0.717) is 12.1 Å². The summed E-state index contributed by atoms with van der Waals surface area (Å²) in [5.41, 5.74) is 6.59. The molecule has 24 heavy (non-hydrogen) atoms. The molecule has 0 radical (unpaired) electrons. The molecule has 0 saturated heterocycles. The number of aromatic nitrogens is 4. The van der Waals surface area contributed by atoms with Crippen molar-refractivity contribution in [3.8, 4) is 6.07 Å². The third-order valence-corrected chi connectivity index (χ3v) is 5.05. The van der Waals surface area contributed by atoms with Gasteiger partial charge in [-0.1, -0.05) is 6.07 Å². The molecule has 120 valence electrons. The Bertz CT molecular complexity index is 1060. The molecule has 4 rings (SSSR count). The van der Waals surface area contributed by atoms with Crippen molar-refractivity contribution >= 4 is 27.2 Å². The van der Waals surface area contributed by atoms with E-state index >= 15 is 0 Å². The first-order valence-corrected chi connectivity index (χ1v) is 8.54. The second-order valence-corrected chi connectivity index (χ2v) is 6.71. The third-order valence-electron chi connectivity index (χ3n) is 4.26. The van der Waals surface area contributed by atoms with E-state index in [1.165, 1.54) is 10.3 Å². The minimum atomic E-state index is 0.206. The van der Waals surface area contributed by atoms with Crippen molar-refractivity contribution in [2.24, 2.45) is 7.05 Å². The van der Waals surface area contributed by atoms with Crippen LogP contribution in [-0.4, -0.2) is 19.2 Å². The van der Waals surface area contributed by atoms with Gasteiger partial charge in [0.05, 0.1) is 27.6 Å². The van der Waals surface area contributed by atoms with Crippen molar-refractivity contribution in [1.29, 1.82) is 5.26 Å². The number of nitrogens with zero attached hydrogens (tertiary/aromatic N) is 5. The smallest absolute Gasteiger partial charge is 0.153 e. The summed E-state index contributed by atoms with van der Waals surface area (Å²) >= 11 is 1.66. The summed E-state index contributed by atoms with van der Waals surface area (Å²) in [6, 6.07) is 8.75. The van der Waals surface area contributed by atoms with Gasteiger partial charge in [0.15, 0.2) is 5.65 Å². The molecule has 0 saturated carbocycles. The zero-order valence-corrected chi connectivity index (χ0v) is 14.2. The molecule has 4 aromatic rings. The number of nitrogens with one attached hydrogen (secondary N) is 1. The van der Waals surface area contributed by atoms with Crippen molar-refractivity contribution in [3.05, 3.63) is 52.9 Å². The largest absolute Gasteiger partial charge is 0.333 e. The van der Waals surface area contributed by atoms with Gasteiger partial charge in [-0.15, -0.1) is 11.3 Å². The molecular weight excluding hydrogens is 320 g/mol. The van der Waals surface area contributed by atoms with Gasteiger partial charge in [-0.2, -0.15) is 10.4 Å². The average Bonchev–Trinajstić information content (AvgIpc) is 3.28. The number of nitriles is 1. The lowest BCUT2D eigenvalue weighted by Crippen LogP contribution is -2.19. The molecule has 1 aromatic carbocycles. The summed E-state index contributed by atoms with van der Waals surface area (Å²) < 4.78 is 4.97. The minimum absolute atomic E-state index is 0.206. The summed E-state index contributed by atoms with van der Waals surface area (Å²) in [5, 5.41) is 17.0. The fourth-order valence-electron chi connectivity index (χ4n) is 2.95. The highest BCUT2D eigenvalue weighted by Gasteiger charge is 2.13. The topological polar surface area (TPSA) is 70.9 Å². The first-order valence-electron chi connectivity index (χ1n) is 7.66. The summed E-state index contributed by atoms with van der Waals surface area (Å²) in [6.45, 7) is 2.82. The van der Waals surface area contributed by atoms with Gasteiger partial charge in [-0.25, -0.2) is 9.50 Å². The van der Waals surface area contributed by atoms with Crippen molar-refractivity contribution in [3.63, 3.8) is 0 Å². The molecule has 3 aromatic heterocycles. The van der Waals surface area contributed by atoms with Crippen LogP contribution in [0.2, 0.25) is 0 Å². The van der Waals surface area contributed by atoms with Gasteiger partial charge in [0.25, 0.3) is 0 Å². The minimum Gasteiger partial charge on any atom is -0.333 e. The second-order valence-electron chi connectivity index (χ2n) is 5.82. The van der Waals surface area contributed by atoms with E-state index in [1.807, 2.05) is 27.8 Å². The Morgan fingerprint density at radius 1 is 1.42 bits per heavy atom. The Morgan fingerprint density at radius 2 is 2.29 bits per heavy atom. The number of benzene rings is 1. The van der Waals surface area contributed by atoms with E-state index < -0.39 is 0 Å². The van der Waals surface area contributed by atoms with Crippen molar-refractivity contribution in [1.82, 2.24) is 24.5 Å². The standard InChI is InChI=1S/C17H16N6S/c1-11(12-3-4-15-16(5-12)24-10-20-15)19-8-14-9-22(2)17-13(6-18)7-21-23(14)17/h3-5,7,9-11,19H,8H2,1-2H3. The maximum atomic E-state index is 9.16. The Kier molecular flexibility index (Phi) is 3.56. The van der Waals surface area contributed by atoms with Crippen LogP contribution in [0.25, 0.3) is 15.9 Å². The SMILES string of the molecule is CC(NCc1cn(C)c2c(C#N)cnn12)c1ccc2ncsc2c1. The molecule has 0 bridgehead atoms. The summed E-state index contributed by atoms with van der Waals surface area (Å²) in [5.74, 6) is 0. The maximum Gasteiger partial charge on any atom is 0.153 e. The van der Waals surface area contributed by atoms with Crippen molar-refractivity contribution < 1.29 is 0 Å². The van der Waals surface area contributed by atoms with E-state index in [-0.39, 0.29) is 6.04 Å². The Hall–Kier alpha value is -2.69. The number of imidazole rings is 1. The Balaban J connectivity index is 1.56. The molecule has 3 heterocycles. The van der Waals surface area contributed by atoms with Gasteiger partial charge < -0.3 is 9.88 Å².